The van der Waals surface area contributed by atoms with Gasteiger partial charge in [0.15, 0.2) is 0 Å². The van der Waals surface area contributed by atoms with Gasteiger partial charge < -0.3 is 19.4 Å². The minimum absolute atomic E-state index is 0.0730. The van der Waals surface area contributed by atoms with Gasteiger partial charge in [0.25, 0.3) is 11.5 Å². The molecular weight excluding hydrogens is 804 g/mol. The Hall–Kier alpha value is -5.07. The van der Waals surface area contributed by atoms with Crippen LogP contribution in [0, 0.1) is 11.8 Å². The number of ether oxygens (including phenoxy) is 1. The molecule has 11 rings (SSSR count). The number of likely N-dealkylation sites (tertiary alicyclic amines) is 2. The predicted octanol–water partition coefficient (Wildman–Crippen LogP) is 6.38. The fourth-order valence-electron chi connectivity index (χ4n) is 12.2. The number of aromatic nitrogens is 2. The van der Waals surface area contributed by atoms with Gasteiger partial charge in [-0.15, -0.1) is 0 Å². The van der Waals surface area contributed by atoms with E-state index in [1.54, 1.807) is 11.0 Å². The van der Waals surface area contributed by atoms with Gasteiger partial charge in [0.1, 0.15) is 17.6 Å². The Balaban J connectivity index is 0.670. The molecule has 1 aromatic heterocycles. The van der Waals surface area contributed by atoms with Crippen molar-refractivity contribution in [1.29, 1.82) is 0 Å². The summed E-state index contributed by atoms with van der Waals surface area (Å²) in [6.07, 6.45) is 8.53. The number of rotatable bonds is 5. The zero-order chi connectivity index (χ0) is 42.7. The van der Waals surface area contributed by atoms with E-state index in [4.69, 9.17) is 16.3 Å². The van der Waals surface area contributed by atoms with Gasteiger partial charge in [-0.3, -0.25) is 33.9 Å². The van der Waals surface area contributed by atoms with Crippen molar-refractivity contribution < 1.29 is 23.9 Å². The molecule has 13 heteroatoms. The van der Waals surface area contributed by atoms with E-state index < -0.39 is 17.4 Å². The second-order valence-electron chi connectivity index (χ2n) is 19.7. The summed E-state index contributed by atoms with van der Waals surface area (Å²) in [6, 6.07) is 15.6. The van der Waals surface area contributed by atoms with Crippen LogP contribution in [0.4, 0.5) is 0 Å². The van der Waals surface area contributed by atoms with E-state index >= 15 is 0 Å². The third kappa shape index (κ3) is 6.25. The number of halogens is 1. The van der Waals surface area contributed by atoms with Crippen molar-refractivity contribution in [2.24, 2.45) is 11.8 Å². The van der Waals surface area contributed by atoms with Gasteiger partial charge in [-0.25, -0.2) is 0 Å². The van der Waals surface area contributed by atoms with Gasteiger partial charge in [0.2, 0.25) is 17.7 Å². The Bertz CT molecular complexity index is 2630. The van der Waals surface area contributed by atoms with Gasteiger partial charge in [-0.2, -0.15) is 4.98 Å². The second-order valence-corrected chi connectivity index (χ2v) is 20.1. The minimum atomic E-state index is -0.638. The van der Waals surface area contributed by atoms with Crippen LogP contribution < -0.4 is 15.6 Å². The highest BCUT2D eigenvalue weighted by Crippen LogP contribution is 2.50. The Morgan fingerprint density at radius 1 is 0.903 bits per heavy atom. The molecular formula is C49H53ClN6O6. The first-order chi connectivity index (χ1) is 29.9. The lowest BCUT2D eigenvalue weighted by molar-refractivity contribution is -0.138. The number of carbonyl (C=O) groups is 4. The number of nitrogens with one attached hydrogen (secondary N) is 1. The van der Waals surface area contributed by atoms with Crippen LogP contribution >= 0.6 is 11.6 Å². The average Bonchev–Trinajstić information content (AvgIpc) is 3.88. The lowest BCUT2D eigenvalue weighted by Gasteiger charge is -2.41. The van der Waals surface area contributed by atoms with E-state index in [0.717, 1.165) is 118 Å². The lowest BCUT2D eigenvalue weighted by atomic mass is 9.73. The van der Waals surface area contributed by atoms with E-state index in [9.17, 15) is 24.0 Å². The summed E-state index contributed by atoms with van der Waals surface area (Å²) >= 11 is 6.48. The number of carbonyl (C=O) groups excluding carboxylic acids is 4. The molecule has 6 aliphatic heterocycles. The van der Waals surface area contributed by atoms with E-state index in [2.05, 4.69) is 62.8 Å². The third-order valence-corrected chi connectivity index (χ3v) is 16.2. The molecule has 4 fully saturated rings. The van der Waals surface area contributed by atoms with Gasteiger partial charge in [0.05, 0.1) is 40.2 Å². The van der Waals surface area contributed by atoms with Crippen LogP contribution in [0.25, 0.3) is 16.6 Å². The molecule has 0 bridgehead atoms. The molecule has 4 amide bonds. The first-order valence-corrected chi connectivity index (χ1v) is 23.1. The molecule has 1 spiro atoms. The number of amides is 4. The van der Waals surface area contributed by atoms with Crippen LogP contribution in [0.5, 0.6) is 5.75 Å². The molecule has 4 aromatic rings. The zero-order valence-electron chi connectivity index (χ0n) is 35.5. The van der Waals surface area contributed by atoms with E-state index in [-0.39, 0.29) is 35.1 Å². The fourth-order valence-corrected chi connectivity index (χ4v) is 12.5. The van der Waals surface area contributed by atoms with E-state index in [1.807, 2.05) is 18.2 Å². The molecule has 0 radical (unpaired) electrons. The van der Waals surface area contributed by atoms with Crippen molar-refractivity contribution in [2.45, 2.75) is 107 Å². The topological polar surface area (TPSA) is 134 Å². The largest absolute Gasteiger partial charge is 0.492 e. The first kappa shape index (κ1) is 39.8. The van der Waals surface area contributed by atoms with Crippen LogP contribution in [0.3, 0.4) is 0 Å². The molecule has 1 aliphatic carbocycles. The molecule has 62 heavy (non-hydrogen) atoms. The van der Waals surface area contributed by atoms with Crippen LogP contribution in [0.15, 0.2) is 53.3 Å². The number of hydrogen-bond acceptors (Lipinski definition) is 8. The van der Waals surface area contributed by atoms with Crippen molar-refractivity contribution in [2.75, 3.05) is 39.3 Å². The molecule has 322 valence electrons. The molecule has 12 nitrogen and oxygen atoms in total. The lowest BCUT2D eigenvalue weighted by Crippen LogP contribution is -2.52. The summed E-state index contributed by atoms with van der Waals surface area (Å²) in [5.41, 5.74) is 6.14. The number of piperidine rings is 3. The van der Waals surface area contributed by atoms with Crippen LogP contribution in [-0.4, -0.2) is 93.3 Å². The smallest absolute Gasteiger partial charge is 0.282 e. The summed E-state index contributed by atoms with van der Waals surface area (Å²) in [5, 5.41) is 3.26. The fraction of sp³-hybridized carbons (Fsp3) is 0.510. The van der Waals surface area contributed by atoms with Crippen molar-refractivity contribution in [3.8, 4) is 11.4 Å². The predicted molar refractivity (Wildman–Crippen MR) is 234 cm³/mol. The molecule has 3 aromatic carbocycles. The SMILES string of the molecule is CC1(C)c2cc(C3CCN(C(=O)C4CCC(CN5CCC6(CC5)COc5c6ccc6c5CN([C@H]5CCC(=O)NC5=O)C6=O)CC4)CC3)ccc2-n2c1nc(=O)c1c(Cl)cccc12. The molecule has 1 atom stereocenters. The molecule has 7 aliphatic rings. The summed E-state index contributed by atoms with van der Waals surface area (Å²) in [4.78, 5) is 75.6. The van der Waals surface area contributed by atoms with Crippen LogP contribution in [0.1, 0.15) is 122 Å². The summed E-state index contributed by atoms with van der Waals surface area (Å²) in [5.74, 6) is 2.12. The normalized spacial score (nSPS) is 25.4. The van der Waals surface area contributed by atoms with Crippen LogP contribution in [-0.2, 0) is 31.8 Å². The molecule has 1 N–H and O–H groups in total. The summed E-state index contributed by atoms with van der Waals surface area (Å²) < 4.78 is 8.51. The van der Waals surface area contributed by atoms with Crippen LogP contribution in [0.2, 0.25) is 5.02 Å². The quantitative estimate of drug-likeness (QED) is 0.229. The second kappa shape index (κ2) is 14.8. The van der Waals surface area contributed by atoms with Gasteiger partial charge in [0, 0.05) is 54.1 Å². The monoisotopic (exact) mass is 856 g/mol. The highest BCUT2D eigenvalue weighted by atomic mass is 35.5. The van der Waals surface area contributed by atoms with Crippen molar-refractivity contribution in [3.63, 3.8) is 0 Å². The maximum Gasteiger partial charge on any atom is 0.282 e. The highest BCUT2D eigenvalue weighted by molar-refractivity contribution is 6.35. The zero-order valence-corrected chi connectivity index (χ0v) is 36.3. The number of imide groups is 1. The first-order valence-electron chi connectivity index (χ1n) is 22.7. The van der Waals surface area contributed by atoms with Crippen molar-refractivity contribution >= 4 is 46.1 Å². The molecule has 0 unspecified atom stereocenters. The van der Waals surface area contributed by atoms with E-state index in [1.165, 1.54) is 11.1 Å². The average molecular weight is 857 g/mol. The van der Waals surface area contributed by atoms with Gasteiger partial charge in [-0.1, -0.05) is 35.9 Å². The molecule has 3 saturated heterocycles. The maximum atomic E-state index is 13.9. The summed E-state index contributed by atoms with van der Waals surface area (Å²) in [6.45, 7) is 9.83. The van der Waals surface area contributed by atoms with Crippen molar-refractivity contribution in [3.05, 3.63) is 97.5 Å². The summed E-state index contributed by atoms with van der Waals surface area (Å²) in [7, 11) is 0. The number of fused-ring (bicyclic) bond motifs is 9. The maximum absolute atomic E-state index is 13.9. The standard InChI is InChI=1S/C49H53ClN6O6/c1-48(2)35-24-31(10-13-37(35)56-38-5-3-4-36(50)41(38)44(59)52-47(48)56)29-16-20-54(21-17-29)45(60)30-8-6-28(7-9-30)25-53-22-18-49(19-23-53)27-62-42-33-26-55(39-14-15-40(57)51-43(39)58)46(61)32(33)11-12-34(42)49/h3-5,10-13,24,28-30,39H,6-9,14-23,25-27H2,1-2H3,(H,51,57,58)/t28?,30?,39-/m0/s1. The molecule has 7 heterocycles. The Morgan fingerprint density at radius 3 is 2.44 bits per heavy atom. The van der Waals surface area contributed by atoms with Gasteiger partial charge in [-0.05, 0) is 132 Å². The van der Waals surface area contributed by atoms with Gasteiger partial charge >= 0.3 is 0 Å². The number of hydrogen-bond donors (Lipinski definition) is 1. The highest BCUT2D eigenvalue weighted by Gasteiger charge is 2.48. The number of benzene rings is 3. The number of nitrogens with zero attached hydrogens (tertiary/aromatic N) is 5. The Morgan fingerprint density at radius 2 is 1.68 bits per heavy atom. The Kier molecular flexibility index (Phi) is 9.46. The van der Waals surface area contributed by atoms with E-state index in [0.29, 0.717) is 53.3 Å². The van der Waals surface area contributed by atoms with Crippen molar-refractivity contribution in [1.82, 2.24) is 29.6 Å². The Labute approximate surface area is 365 Å². The third-order valence-electron chi connectivity index (χ3n) is 15.9. The molecule has 1 saturated carbocycles. The minimum Gasteiger partial charge on any atom is -0.492 e.